The fraction of sp³-hybridized carbons (Fsp3) is 0.357. The molecule has 2 aromatic rings. The quantitative estimate of drug-likeness (QED) is 0.851. The second-order valence-corrected chi connectivity index (χ2v) is 5.07. The van der Waals surface area contributed by atoms with E-state index in [9.17, 15) is 0 Å². The Morgan fingerprint density at radius 3 is 3.05 bits per heavy atom. The molecule has 1 heterocycles. The van der Waals surface area contributed by atoms with E-state index in [-0.39, 0.29) is 0 Å². The van der Waals surface area contributed by atoms with Crippen LogP contribution in [0.1, 0.15) is 12.6 Å². The van der Waals surface area contributed by atoms with Crippen molar-refractivity contribution >= 4 is 15.9 Å². The molecule has 2 rings (SSSR count). The molecule has 0 aliphatic heterocycles. The first kappa shape index (κ1) is 14.1. The minimum atomic E-state index is 0.610. The zero-order valence-corrected chi connectivity index (χ0v) is 12.6. The van der Waals surface area contributed by atoms with Crippen molar-refractivity contribution in [1.82, 2.24) is 15.1 Å². The molecular weight excluding hydrogens is 306 g/mol. The maximum Gasteiger partial charge on any atom is 0.120 e. The van der Waals surface area contributed by atoms with Crippen LogP contribution in [0.15, 0.2) is 41.0 Å². The summed E-state index contributed by atoms with van der Waals surface area (Å²) in [5.41, 5.74) is 1.06. The number of nitrogens with one attached hydrogen (secondary N) is 1. The summed E-state index contributed by atoms with van der Waals surface area (Å²) >= 11 is 3.42. The van der Waals surface area contributed by atoms with Crippen molar-refractivity contribution in [3.05, 3.63) is 46.7 Å². The van der Waals surface area contributed by atoms with Crippen LogP contribution >= 0.6 is 15.9 Å². The van der Waals surface area contributed by atoms with Gasteiger partial charge in [0.25, 0.3) is 0 Å². The maximum absolute atomic E-state index is 5.67. The molecule has 0 saturated heterocycles. The van der Waals surface area contributed by atoms with E-state index in [0.717, 1.165) is 35.6 Å². The largest absolute Gasteiger partial charge is 0.492 e. The van der Waals surface area contributed by atoms with E-state index in [1.54, 1.807) is 0 Å². The number of benzene rings is 1. The number of ether oxygens (including phenoxy) is 1. The fourth-order valence-corrected chi connectivity index (χ4v) is 2.07. The van der Waals surface area contributed by atoms with Gasteiger partial charge in [0, 0.05) is 17.2 Å². The van der Waals surface area contributed by atoms with E-state index in [4.69, 9.17) is 4.74 Å². The standard InChI is InChI=1S/C14H18BrN3O/c1-2-16-11-13-6-7-18(17-13)8-9-19-14-5-3-4-12(15)10-14/h3-7,10,16H,2,8-9,11H2,1H3. The first-order chi connectivity index (χ1) is 9.28. The van der Waals surface area contributed by atoms with Gasteiger partial charge >= 0.3 is 0 Å². The number of rotatable bonds is 7. The van der Waals surface area contributed by atoms with Crippen molar-refractivity contribution in [3.63, 3.8) is 0 Å². The van der Waals surface area contributed by atoms with Gasteiger partial charge in [-0.05, 0) is 30.8 Å². The number of nitrogens with zero attached hydrogens (tertiary/aromatic N) is 2. The predicted octanol–water partition coefficient (Wildman–Crippen LogP) is 2.83. The van der Waals surface area contributed by atoms with Crippen LogP contribution in [0.5, 0.6) is 5.75 Å². The molecule has 1 N–H and O–H groups in total. The van der Waals surface area contributed by atoms with Gasteiger partial charge in [-0.1, -0.05) is 28.9 Å². The molecule has 0 radical (unpaired) electrons. The third kappa shape index (κ3) is 4.69. The Labute approximate surface area is 121 Å². The molecule has 0 amide bonds. The molecule has 4 nitrogen and oxygen atoms in total. The molecule has 0 unspecified atom stereocenters. The highest BCUT2D eigenvalue weighted by atomic mass is 79.9. The third-order valence-corrected chi connectivity index (χ3v) is 3.13. The van der Waals surface area contributed by atoms with Crippen LogP contribution < -0.4 is 10.1 Å². The Balaban J connectivity index is 1.77. The van der Waals surface area contributed by atoms with Gasteiger partial charge in [0.2, 0.25) is 0 Å². The molecule has 102 valence electrons. The van der Waals surface area contributed by atoms with E-state index in [1.807, 2.05) is 41.2 Å². The Hall–Kier alpha value is -1.33. The van der Waals surface area contributed by atoms with E-state index in [2.05, 4.69) is 33.3 Å². The second kappa shape index (κ2) is 7.31. The van der Waals surface area contributed by atoms with E-state index in [0.29, 0.717) is 6.61 Å². The van der Waals surface area contributed by atoms with Crippen LogP contribution in [0.3, 0.4) is 0 Å². The minimum Gasteiger partial charge on any atom is -0.492 e. The highest BCUT2D eigenvalue weighted by molar-refractivity contribution is 9.10. The molecule has 0 atom stereocenters. The zero-order valence-electron chi connectivity index (χ0n) is 11.0. The summed E-state index contributed by atoms with van der Waals surface area (Å²) < 4.78 is 8.61. The summed E-state index contributed by atoms with van der Waals surface area (Å²) in [6, 6.07) is 9.88. The molecule has 0 aliphatic rings. The first-order valence-corrected chi connectivity index (χ1v) is 7.18. The highest BCUT2D eigenvalue weighted by Gasteiger charge is 1.99. The fourth-order valence-electron chi connectivity index (χ4n) is 1.69. The topological polar surface area (TPSA) is 39.1 Å². The maximum atomic E-state index is 5.67. The Kier molecular flexibility index (Phi) is 5.42. The monoisotopic (exact) mass is 323 g/mol. The predicted molar refractivity (Wildman–Crippen MR) is 79.2 cm³/mol. The van der Waals surface area contributed by atoms with Crippen molar-refractivity contribution in [2.45, 2.75) is 20.0 Å². The molecule has 0 bridgehead atoms. The van der Waals surface area contributed by atoms with Gasteiger partial charge in [-0.3, -0.25) is 4.68 Å². The molecular formula is C14H18BrN3O. The van der Waals surface area contributed by atoms with Gasteiger partial charge in [0.1, 0.15) is 12.4 Å². The SMILES string of the molecule is CCNCc1ccn(CCOc2cccc(Br)c2)n1. The van der Waals surface area contributed by atoms with Crippen LogP contribution in [0.4, 0.5) is 0 Å². The molecule has 1 aromatic heterocycles. The lowest BCUT2D eigenvalue weighted by Gasteiger charge is -2.06. The van der Waals surface area contributed by atoms with Crippen LogP contribution in [-0.2, 0) is 13.1 Å². The van der Waals surface area contributed by atoms with Crippen LogP contribution in [0.2, 0.25) is 0 Å². The Bertz CT molecular complexity index is 513. The van der Waals surface area contributed by atoms with Crippen molar-refractivity contribution in [1.29, 1.82) is 0 Å². The lowest BCUT2D eigenvalue weighted by Crippen LogP contribution is -2.13. The van der Waals surface area contributed by atoms with Gasteiger partial charge in [0.15, 0.2) is 0 Å². The lowest BCUT2D eigenvalue weighted by molar-refractivity contribution is 0.290. The highest BCUT2D eigenvalue weighted by Crippen LogP contribution is 2.17. The van der Waals surface area contributed by atoms with E-state index < -0.39 is 0 Å². The average molecular weight is 324 g/mol. The van der Waals surface area contributed by atoms with Gasteiger partial charge in [-0.15, -0.1) is 0 Å². The lowest BCUT2D eigenvalue weighted by atomic mass is 10.3. The van der Waals surface area contributed by atoms with Crippen LogP contribution in [-0.4, -0.2) is 22.9 Å². The molecule has 0 aliphatic carbocycles. The van der Waals surface area contributed by atoms with E-state index >= 15 is 0 Å². The summed E-state index contributed by atoms with van der Waals surface area (Å²) in [5, 5.41) is 7.72. The first-order valence-electron chi connectivity index (χ1n) is 6.39. The Morgan fingerprint density at radius 1 is 1.37 bits per heavy atom. The number of hydrogen-bond acceptors (Lipinski definition) is 3. The van der Waals surface area contributed by atoms with Crippen molar-refractivity contribution in [3.8, 4) is 5.75 Å². The zero-order chi connectivity index (χ0) is 13.5. The summed E-state index contributed by atoms with van der Waals surface area (Å²) in [6.45, 7) is 5.22. The summed E-state index contributed by atoms with van der Waals surface area (Å²) in [4.78, 5) is 0. The number of halogens is 1. The van der Waals surface area contributed by atoms with E-state index in [1.165, 1.54) is 0 Å². The van der Waals surface area contributed by atoms with Crippen molar-refractivity contribution in [2.24, 2.45) is 0 Å². The van der Waals surface area contributed by atoms with Gasteiger partial charge in [-0.25, -0.2) is 0 Å². The third-order valence-electron chi connectivity index (χ3n) is 2.64. The second-order valence-electron chi connectivity index (χ2n) is 4.16. The van der Waals surface area contributed by atoms with Crippen molar-refractivity contribution in [2.75, 3.05) is 13.2 Å². The van der Waals surface area contributed by atoms with Crippen LogP contribution in [0, 0.1) is 0 Å². The summed E-state index contributed by atoms with van der Waals surface area (Å²) in [6.07, 6.45) is 1.98. The number of aromatic nitrogens is 2. The van der Waals surface area contributed by atoms with Crippen LogP contribution in [0.25, 0.3) is 0 Å². The molecule has 0 spiro atoms. The molecule has 1 aromatic carbocycles. The minimum absolute atomic E-state index is 0.610. The van der Waals surface area contributed by atoms with Gasteiger partial charge < -0.3 is 10.1 Å². The summed E-state index contributed by atoms with van der Waals surface area (Å²) in [7, 11) is 0. The molecule has 19 heavy (non-hydrogen) atoms. The van der Waals surface area contributed by atoms with Gasteiger partial charge in [0.05, 0.1) is 12.2 Å². The smallest absolute Gasteiger partial charge is 0.120 e. The van der Waals surface area contributed by atoms with Gasteiger partial charge in [-0.2, -0.15) is 5.10 Å². The summed E-state index contributed by atoms with van der Waals surface area (Å²) in [5.74, 6) is 0.870. The van der Waals surface area contributed by atoms with Crippen molar-refractivity contribution < 1.29 is 4.74 Å². The molecule has 0 fully saturated rings. The average Bonchev–Trinajstić information content (AvgIpc) is 2.84. The normalized spacial score (nSPS) is 10.6. The molecule has 5 heteroatoms. The number of hydrogen-bond donors (Lipinski definition) is 1. The molecule has 0 saturated carbocycles. The Morgan fingerprint density at radius 2 is 2.26 bits per heavy atom.